The molecule has 0 spiro atoms. The van der Waals surface area contributed by atoms with Crippen LogP contribution in [0.15, 0.2) is 16.3 Å². The van der Waals surface area contributed by atoms with Crippen molar-refractivity contribution < 1.29 is 4.79 Å². The normalized spacial score (nSPS) is 16.3. The standard InChI is InChI=1S/C10H12BrN3O/c1-14-8(10(11)12-13-14)9(15)7-5-3-2-4-6-7/h5H,2-4,6H2,1H3. The first-order chi connectivity index (χ1) is 7.20. The molecule has 1 heterocycles. The van der Waals surface area contributed by atoms with Gasteiger partial charge in [-0.15, -0.1) is 5.10 Å². The minimum atomic E-state index is 0.0501. The molecule has 0 N–H and O–H groups in total. The third-order valence-corrected chi connectivity index (χ3v) is 3.12. The van der Waals surface area contributed by atoms with Crippen LogP contribution in [0.25, 0.3) is 0 Å². The molecule has 0 unspecified atom stereocenters. The van der Waals surface area contributed by atoms with Crippen molar-refractivity contribution in [3.8, 4) is 0 Å². The third kappa shape index (κ3) is 2.02. The van der Waals surface area contributed by atoms with E-state index in [4.69, 9.17) is 0 Å². The Kier molecular flexibility index (Phi) is 3.00. The van der Waals surface area contributed by atoms with Gasteiger partial charge in [-0.25, -0.2) is 4.68 Å². The molecule has 0 amide bonds. The predicted octanol–water partition coefficient (Wildman–Crippen LogP) is 2.26. The van der Waals surface area contributed by atoms with E-state index in [1.807, 2.05) is 6.08 Å². The van der Waals surface area contributed by atoms with Crippen molar-refractivity contribution in [3.05, 3.63) is 21.9 Å². The second-order valence-corrected chi connectivity index (χ2v) is 4.41. The highest BCUT2D eigenvalue weighted by Crippen LogP contribution is 2.23. The van der Waals surface area contributed by atoms with Crippen molar-refractivity contribution >= 4 is 21.7 Å². The van der Waals surface area contributed by atoms with Gasteiger partial charge in [-0.1, -0.05) is 11.3 Å². The molecule has 4 nitrogen and oxygen atoms in total. The second kappa shape index (κ2) is 4.26. The van der Waals surface area contributed by atoms with E-state index < -0.39 is 0 Å². The van der Waals surface area contributed by atoms with E-state index >= 15 is 0 Å². The number of hydrogen-bond donors (Lipinski definition) is 0. The summed E-state index contributed by atoms with van der Waals surface area (Å²) >= 11 is 3.24. The number of carbonyl (C=O) groups excluding carboxylic acids is 1. The molecule has 0 saturated heterocycles. The lowest BCUT2D eigenvalue weighted by Gasteiger charge is -2.11. The van der Waals surface area contributed by atoms with Gasteiger partial charge in [0.1, 0.15) is 5.69 Å². The predicted molar refractivity (Wildman–Crippen MR) is 59.6 cm³/mol. The van der Waals surface area contributed by atoms with Crippen LogP contribution in [0.4, 0.5) is 0 Å². The minimum Gasteiger partial charge on any atom is -0.287 e. The number of aryl methyl sites for hydroxylation is 1. The van der Waals surface area contributed by atoms with Crippen LogP contribution >= 0.6 is 15.9 Å². The Morgan fingerprint density at radius 2 is 2.33 bits per heavy atom. The van der Waals surface area contributed by atoms with E-state index in [-0.39, 0.29) is 5.78 Å². The molecule has 0 aliphatic heterocycles. The van der Waals surface area contributed by atoms with E-state index in [1.54, 1.807) is 7.05 Å². The average molecular weight is 270 g/mol. The summed E-state index contributed by atoms with van der Waals surface area (Å²) in [5.41, 5.74) is 1.44. The molecule has 0 atom stereocenters. The first kappa shape index (κ1) is 10.5. The molecule has 5 heteroatoms. The quantitative estimate of drug-likeness (QED) is 0.774. The maximum Gasteiger partial charge on any atom is 0.209 e. The van der Waals surface area contributed by atoms with Crippen molar-refractivity contribution in [1.82, 2.24) is 15.0 Å². The first-order valence-corrected chi connectivity index (χ1v) is 5.78. The lowest BCUT2D eigenvalue weighted by atomic mass is 9.95. The monoisotopic (exact) mass is 269 g/mol. The second-order valence-electron chi connectivity index (χ2n) is 3.66. The molecule has 80 valence electrons. The Bertz CT molecular complexity index is 403. The van der Waals surface area contributed by atoms with Crippen LogP contribution in [0, 0.1) is 0 Å². The smallest absolute Gasteiger partial charge is 0.209 e. The molecule has 1 aromatic heterocycles. The fourth-order valence-electron chi connectivity index (χ4n) is 1.77. The van der Waals surface area contributed by atoms with Gasteiger partial charge in [0.05, 0.1) is 0 Å². The third-order valence-electron chi connectivity index (χ3n) is 2.58. The van der Waals surface area contributed by atoms with Gasteiger partial charge in [0.15, 0.2) is 4.60 Å². The molecule has 2 rings (SSSR count). The first-order valence-electron chi connectivity index (χ1n) is 4.99. The zero-order valence-corrected chi connectivity index (χ0v) is 10.1. The zero-order valence-electron chi connectivity index (χ0n) is 8.53. The van der Waals surface area contributed by atoms with Gasteiger partial charge in [0.2, 0.25) is 5.78 Å². The van der Waals surface area contributed by atoms with Gasteiger partial charge in [0, 0.05) is 7.05 Å². The van der Waals surface area contributed by atoms with Gasteiger partial charge >= 0.3 is 0 Å². The summed E-state index contributed by atoms with van der Waals surface area (Å²) < 4.78 is 2.04. The van der Waals surface area contributed by atoms with Crippen molar-refractivity contribution in [2.45, 2.75) is 25.7 Å². The SMILES string of the molecule is Cn1nnc(Br)c1C(=O)C1=CCCCC1. The molecule has 1 aliphatic carbocycles. The number of hydrogen-bond acceptors (Lipinski definition) is 3. The van der Waals surface area contributed by atoms with Gasteiger partial charge in [-0.2, -0.15) is 0 Å². The van der Waals surface area contributed by atoms with Crippen LogP contribution in [0.5, 0.6) is 0 Å². The number of halogens is 1. The van der Waals surface area contributed by atoms with Crippen LogP contribution in [-0.4, -0.2) is 20.8 Å². The van der Waals surface area contributed by atoms with Crippen LogP contribution in [0.1, 0.15) is 36.2 Å². The van der Waals surface area contributed by atoms with E-state index in [0.29, 0.717) is 10.3 Å². The van der Waals surface area contributed by atoms with E-state index in [2.05, 4.69) is 26.2 Å². The Balaban J connectivity index is 2.31. The molecule has 0 bridgehead atoms. The number of carbonyl (C=O) groups is 1. The summed E-state index contributed by atoms with van der Waals surface area (Å²) in [6, 6.07) is 0. The van der Waals surface area contributed by atoms with Crippen LogP contribution in [0.2, 0.25) is 0 Å². The van der Waals surface area contributed by atoms with Crippen LogP contribution in [0.3, 0.4) is 0 Å². The Morgan fingerprint density at radius 3 is 2.87 bits per heavy atom. The molecule has 0 saturated carbocycles. The minimum absolute atomic E-state index is 0.0501. The van der Waals surface area contributed by atoms with Gasteiger partial charge in [-0.3, -0.25) is 4.79 Å². The number of Topliss-reactive ketones (excluding diaryl/α,β-unsaturated/α-hetero) is 1. The summed E-state index contributed by atoms with van der Waals surface area (Å²) in [5, 5.41) is 7.62. The van der Waals surface area contributed by atoms with E-state index in [0.717, 1.165) is 24.8 Å². The molecule has 1 aliphatic rings. The molecule has 0 fully saturated rings. The largest absolute Gasteiger partial charge is 0.287 e. The number of rotatable bonds is 2. The maximum atomic E-state index is 12.1. The topological polar surface area (TPSA) is 47.8 Å². The van der Waals surface area contributed by atoms with Crippen molar-refractivity contribution in [1.29, 1.82) is 0 Å². The maximum absolute atomic E-state index is 12.1. The number of ketones is 1. The molecule has 0 aromatic carbocycles. The Labute approximate surface area is 96.5 Å². The van der Waals surface area contributed by atoms with E-state index in [1.165, 1.54) is 11.1 Å². The molecular formula is C10H12BrN3O. The number of allylic oxidation sites excluding steroid dienone is 2. The van der Waals surface area contributed by atoms with E-state index in [9.17, 15) is 4.79 Å². The van der Waals surface area contributed by atoms with Crippen LogP contribution in [-0.2, 0) is 7.05 Å². The molecule has 1 aromatic rings. The van der Waals surface area contributed by atoms with Crippen LogP contribution < -0.4 is 0 Å². The fourth-order valence-corrected chi connectivity index (χ4v) is 2.28. The summed E-state index contributed by atoms with van der Waals surface area (Å²) in [7, 11) is 1.73. The van der Waals surface area contributed by atoms with Crippen molar-refractivity contribution in [2.75, 3.05) is 0 Å². The summed E-state index contributed by atoms with van der Waals surface area (Å²) in [4.78, 5) is 12.1. The van der Waals surface area contributed by atoms with Gasteiger partial charge < -0.3 is 0 Å². The zero-order chi connectivity index (χ0) is 10.8. The van der Waals surface area contributed by atoms with Gasteiger partial charge in [0.25, 0.3) is 0 Å². The van der Waals surface area contributed by atoms with Crippen molar-refractivity contribution in [2.24, 2.45) is 7.05 Å². The highest BCUT2D eigenvalue weighted by molar-refractivity contribution is 9.10. The van der Waals surface area contributed by atoms with Gasteiger partial charge in [-0.05, 0) is 47.2 Å². The number of nitrogens with zero attached hydrogens (tertiary/aromatic N) is 3. The Morgan fingerprint density at radius 1 is 1.53 bits per heavy atom. The highest BCUT2D eigenvalue weighted by atomic mass is 79.9. The highest BCUT2D eigenvalue weighted by Gasteiger charge is 2.21. The lowest BCUT2D eigenvalue weighted by molar-refractivity contribution is 0.101. The number of aromatic nitrogens is 3. The fraction of sp³-hybridized carbons (Fsp3) is 0.500. The average Bonchev–Trinajstić information content (AvgIpc) is 2.59. The molecular weight excluding hydrogens is 258 g/mol. The lowest BCUT2D eigenvalue weighted by Crippen LogP contribution is -2.11. The molecule has 0 radical (unpaired) electrons. The van der Waals surface area contributed by atoms with Crippen molar-refractivity contribution in [3.63, 3.8) is 0 Å². The summed E-state index contributed by atoms with van der Waals surface area (Å²) in [6.07, 6.45) is 6.19. The molecule has 15 heavy (non-hydrogen) atoms. The Hall–Kier alpha value is -0.970. The summed E-state index contributed by atoms with van der Waals surface area (Å²) in [5.74, 6) is 0.0501. The summed E-state index contributed by atoms with van der Waals surface area (Å²) in [6.45, 7) is 0.